The van der Waals surface area contributed by atoms with Gasteiger partial charge in [0.15, 0.2) is 17.3 Å². The Morgan fingerprint density at radius 3 is 2.84 bits per heavy atom. The first-order valence-corrected chi connectivity index (χ1v) is 7.74. The molecule has 4 rings (SSSR count). The van der Waals surface area contributed by atoms with Gasteiger partial charge in [-0.05, 0) is 30.3 Å². The van der Waals surface area contributed by atoms with Crippen molar-refractivity contribution in [2.75, 3.05) is 6.61 Å². The van der Waals surface area contributed by atoms with Crippen molar-refractivity contribution in [2.24, 2.45) is 7.05 Å². The number of hydrogen-bond donors (Lipinski definition) is 0. The Balaban J connectivity index is 1.77. The number of ketones is 1. The average Bonchev–Trinajstić information content (AvgIpc) is 2.99. The van der Waals surface area contributed by atoms with Gasteiger partial charge in [-0.15, -0.1) is 0 Å². The first kappa shape index (κ1) is 15.3. The van der Waals surface area contributed by atoms with Crippen LogP contribution in [0.25, 0.3) is 17.3 Å². The predicted molar refractivity (Wildman–Crippen MR) is 90.6 cm³/mol. The first-order chi connectivity index (χ1) is 12.1. The molecule has 0 saturated carbocycles. The molecule has 0 bridgehead atoms. The number of aromatic nitrogens is 3. The van der Waals surface area contributed by atoms with E-state index in [1.54, 1.807) is 29.2 Å². The molecule has 0 N–H and O–H groups in total. The first-order valence-electron chi connectivity index (χ1n) is 7.74. The SMILES string of the molecule is Cn1cc(/C=C2\COc3c(F)cccc3C2=O)c(-c2ccncc2)n1. The number of benzene rings is 1. The van der Waals surface area contributed by atoms with Crippen LogP contribution in [0.1, 0.15) is 15.9 Å². The van der Waals surface area contributed by atoms with Gasteiger partial charge in [0, 0.05) is 42.3 Å². The standard InChI is InChI=1S/C19H14FN3O2/c1-23-10-13(17(22-23)12-5-7-21-8-6-12)9-14-11-25-19-15(18(14)24)3-2-4-16(19)20/h2-10H,11H2,1H3/b14-9+. The van der Waals surface area contributed by atoms with Crippen molar-refractivity contribution in [3.63, 3.8) is 0 Å². The van der Waals surface area contributed by atoms with Crippen molar-refractivity contribution >= 4 is 11.9 Å². The Bertz CT molecular complexity index is 993. The van der Waals surface area contributed by atoms with Crippen LogP contribution < -0.4 is 4.74 Å². The number of rotatable bonds is 2. The Labute approximate surface area is 143 Å². The largest absolute Gasteiger partial charge is 0.485 e. The van der Waals surface area contributed by atoms with Crippen molar-refractivity contribution in [3.05, 3.63) is 71.4 Å². The van der Waals surface area contributed by atoms with Crippen LogP contribution in [0.15, 0.2) is 54.5 Å². The van der Waals surface area contributed by atoms with Crippen molar-refractivity contribution in [3.8, 4) is 17.0 Å². The molecule has 0 atom stereocenters. The third kappa shape index (κ3) is 2.71. The summed E-state index contributed by atoms with van der Waals surface area (Å²) >= 11 is 0. The van der Waals surface area contributed by atoms with Gasteiger partial charge in [-0.3, -0.25) is 14.5 Å². The molecule has 0 spiro atoms. The van der Waals surface area contributed by atoms with Crippen LogP contribution in [-0.2, 0) is 7.05 Å². The third-order valence-corrected chi connectivity index (χ3v) is 4.02. The molecule has 3 heterocycles. The van der Waals surface area contributed by atoms with Gasteiger partial charge in [0.25, 0.3) is 0 Å². The summed E-state index contributed by atoms with van der Waals surface area (Å²) in [5.74, 6) is -0.737. The fourth-order valence-electron chi connectivity index (χ4n) is 2.86. The topological polar surface area (TPSA) is 57.0 Å². The average molecular weight is 335 g/mol. The van der Waals surface area contributed by atoms with Crippen LogP contribution in [0.4, 0.5) is 4.39 Å². The number of carbonyl (C=O) groups excluding carboxylic acids is 1. The van der Waals surface area contributed by atoms with Crippen molar-refractivity contribution < 1.29 is 13.9 Å². The van der Waals surface area contributed by atoms with E-state index < -0.39 is 5.82 Å². The molecule has 5 nitrogen and oxygen atoms in total. The minimum Gasteiger partial charge on any atom is -0.485 e. The zero-order valence-corrected chi connectivity index (χ0v) is 13.4. The smallest absolute Gasteiger partial charge is 0.196 e. The van der Waals surface area contributed by atoms with E-state index in [0.29, 0.717) is 5.57 Å². The van der Waals surface area contributed by atoms with Crippen LogP contribution in [0, 0.1) is 5.82 Å². The molecule has 6 heteroatoms. The van der Waals surface area contributed by atoms with Crippen LogP contribution in [0.2, 0.25) is 0 Å². The number of ether oxygens (including phenoxy) is 1. The summed E-state index contributed by atoms with van der Waals surface area (Å²) in [5.41, 5.74) is 3.14. The highest BCUT2D eigenvalue weighted by Crippen LogP contribution is 2.31. The van der Waals surface area contributed by atoms with Crippen LogP contribution in [0.3, 0.4) is 0 Å². The molecule has 0 radical (unpaired) electrons. The zero-order chi connectivity index (χ0) is 17.4. The zero-order valence-electron chi connectivity index (χ0n) is 13.4. The number of nitrogens with zero attached hydrogens (tertiary/aromatic N) is 3. The number of halogens is 1. The molecule has 25 heavy (non-hydrogen) atoms. The van der Waals surface area contributed by atoms with Gasteiger partial charge in [0.05, 0.1) is 11.3 Å². The van der Waals surface area contributed by atoms with Gasteiger partial charge in [-0.25, -0.2) is 4.39 Å². The molecular weight excluding hydrogens is 321 g/mol. The summed E-state index contributed by atoms with van der Waals surface area (Å²) in [4.78, 5) is 16.7. The second-order valence-corrected chi connectivity index (χ2v) is 5.75. The van der Waals surface area contributed by atoms with Gasteiger partial charge >= 0.3 is 0 Å². The maximum absolute atomic E-state index is 13.8. The Morgan fingerprint density at radius 2 is 2.04 bits per heavy atom. The normalized spacial score (nSPS) is 15.1. The second-order valence-electron chi connectivity index (χ2n) is 5.75. The Morgan fingerprint density at radius 1 is 1.24 bits per heavy atom. The molecule has 1 aliphatic heterocycles. The van der Waals surface area contributed by atoms with Crippen LogP contribution >= 0.6 is 0 Å². The second kappa shape index (κ2) is 5.98. The summed E-state index contributed by atoms with van der Waals surface area (Å²) < 4.78 is 20.9. The van der Waals surface area contributed by atoms with E-state index in [1.165, 1.54) is 12.1 Å². The van der Waals surface area contributed by atoms with E-state index in [0.717, 1.165) is 16.8 Å². The number of pyridine rings is 1. The molecule has 0 saturated heterocycles. The molecule has 2 aromatic heterocycles. The van der Waals surface area contributed by atoms with Gasteiger partial charge in [0.2, 0.25) is 0 Å². The molecule has 0 aliphatic carbocycles. The van der Waals surface area contributed by atoms with E-state index in [2.05, 4.69) is 10.1 Å². The van der Waals surface area contributed by atoms with Gasteiger partial charge in [0.1, 0.15) is 6.61 Å². The van der Waals surface area contributed by atoms with E-state index in [9.17, 15) is 9.18 Å². The van der Waals surface area contributed by atoms with Crippen LogP contribution in [0.5, 0.6) is 5.75 Å². The minimum absolute atomic E-state index is 0.0187. The lowest BCUT2D eigenvalue weighted by Gasteiger charge is -2.19. The summed E-state index contributed by atoms with van der Waals surface area (Å²) in [6.07, 6.45) is 6.96. The Hall–Kier alpha value is -3.28. The van der Waals surface area contributed by atoms with E-state index in [1.807, 2.05) is 25.4 Å². The Kier molecular flexibility index (Phi) is 3.65. The van der Waals surface area contributed by atoms with Crippen molar-refractivity contribution in [2.45, 2.75) is 0 Å². The summed E-state index contributed by atoms with van der Waals surface area (Å²) in [5, 5.41) is 4.46. The molecule has 124 valence electrons. The van der Waals surface area contributed by atoms with Gasteiger partial charge in [-0.2, -0.15) is 5.10 Å². The number of Topliss-reactive ketones (excluding diaryl/α,β-unsaturated/α-hetero) is 1. The lowest BCUT2D eigenvalue weighted by atomic mass is 9.97. The molecule has 0 unspecified atom stereocenters. The number of hydrogen-bond acceptors (Lipinski definition) is 4. The minimum atomic E-state index is -0.524. The number of aryl methyl sites for hydroxylation is 1. The fourth-order valence-corrected chi connectivity index (χ4v) is 2.86. The lowest BCUT2D eigenvalue weighted by molar-refractivity contribution is 0.0998. The monoisotopic (exact) mass is 335 g/mol. The highest BCUT2D eigenvalue weighted by molar-refractivity contribution is 6.14. The van der Waals surface area contributed by atoms with E-state index >= 15 is 0 Å². The van der Waals surface area contributed by atoms with Gasteiger partial charge < -0.3 is 4.74 Å². The molecule has 0 amide bonds. The predicted octanol–water partition coefficient (Wildman–Crippen LogP) is 3.28. The number of para-hydroxylation sites is 1. The number of fused-ring (bicyclic) bond motifs is 1. The van der Waals surface area contributed by atoms with Crippen molar-refractivity contribution in [1.29, 1.82) is 0 Å². The molecule has 1 aromatic carbocycles. The fraction of sp³-hybridized carbons (Fsp3) is 0.105. The highest BCUT2D eigenvalue weighted by atomic mass is 19.1. The number of carbonyl (C=O) groups is 1. The maximum atomic E-state index is 13.8. The molecule has 0 fully saturated rings. The van der Waals surface area contributed by atoms with E-state index in [-0.39, 0.29) is 23.7 Å². The van der Waals surface area contributed by atoms with Crippen molar-refractivity contribution in [1.82, 2.24) is 14.8 Å². The molecular formula is C19H14FN3O2. The third-order valence-electron chi connectivity index (χ3n) is 4.02. The maximum Gasteiger partial charge on any atom is 0.196 e. The van der Waals surface area contributed by atoms with E-state index in [4.69, 9.17) is 4.74 Å². The summed E-state index contributed by atoms with van der Waals surface area (Å²) in [7, 11) is 1.82. The molecule has 1 aliphatic rings. The highest BCUT2D eigenvalue weighted by Gasteiger charge is 2.26. The van der Waals surface area contributed by atoms with Crippen LogP contribution in [-0.4, -0.2) is 27.2 Å². The lowest BCUT2D eigenvalue weighted by Crippen LogP contribution is -2.19. The summed E-state index contributed by atoms with van der Waals surface area (Å²) in [6.45, 7) is 0.0252. The van der Waals surface area contributed by atoms with Gasteiger partial charge in [-0.1, -0.05) is 6.07 Å². The quantitative estimate of drug-likeness (QED) is 0.675. The summed E-state index contributed by atoms with van der Waals surface area (Å²) in [6, 6.07) is 8.07. The molecule has 3 aromatic rings.